The van der Waals surface area contributed by atoms with Gasteiger partial charge in [-0.3, -0.25) is 4.79 Å². The summed E-state index contributed by atoms with van der Waals surface area (Å²) in [4.78, 5) is 11.8. The van der Waals surface area contributed by atoms with Crippen LogP contribution in [0.4, 0.5) is 0 Å². The van der Waals surface area contributed by atoms with Crippen LogP contribution in [0.1, 0.15) is 25.3 Å². The molecule has 0 aliphatic carbocycles. The molecule has 1 heterocycles. The van der Waals surface area contributed by atoms with Crippen molar-refractivity contribution in [1.29, 1.82) is 0 Å². The van der Waals surface area contributed by atoms with Crippen LogP contribution in [0.5, 0.6) is 5.75 Å². The first-order valence-corrected chi connectivity index (χ1v) is 7.20. The Hall–Kier alpha value is -1.81. The molecule has 1 aliphatic rings. The Labute approximate surface area is 120 Å². The van der Waals surface area contributed by atoms with E-state index in [2.05, 4.69) is 17.6 Å². The third-order valence-corrected chi connectivity index (χ3v) is 3.20. The van der Waals surface area contributed by atoms with E-state index in [0.29, 0.717) is 6.61 Å². The van der Waals surface area contributed by atoms with E-state index in [1.54, 1.807) is 6.08 Å². The molecular formula is C16H22N2O2. The highest BCUT2D eigenvalue weighted by atomic mass is 16.5. The SMILES string of the molecule is CCCOc1ccccc1/C=C/C(=O)NC1CCNC1. The lowest BCUT2D eigenvalue weighted by Crippen LogP contribution is -2.34. The first kappa shape index (κ1) is 14.6. The summed E-state index contributed by atoms with van der Waals surface area (Å²) in [6.07, 6.45) is 5.35. The number of carbonyl (C=O) groups is 1. The van der Waals surface area contributed by atoms with Crippen LogP contribution in [0, 0.1) is 0 Å². The smallest absolute Gasteiger partial charge is 0.244 e. The minimum absolute atomic E-state index is 0.0519. The molecule has 1 atom stereocenters. The van der Waals surface area contributed by atoms with Crippen molar-refractivity contribution < 1.29 is 9.53 Å². The van der Waals surface area contributed by atoms with Gasteiger partial charge in [0.15, 0.2) is 0 Å². The number of rotatable bonds is 6. The summed E-state index contributed by atoms with van der Waals surface area (Å²) in [5.41, 5.74) is 0.931. The van der Waals surface area contributed by atoms with Crippen LogP contribution >= 0.6 is 0 Å². The Morgan fingerprint density at radius 3 is 3.10 bits per heavy atom. The van der Waals surface area contributed by atoms with Gasteiger partial charge in [0.1, 0.15) is 5.75 Å². The van der Waals surface area contributed by atoms with E-state index in [0.717, 1.165) is 37.2 Å². The number of benzene rings is 1. The quantitative estimate of drug-likeness (QED) is 0.780. The van der Waals surface area contributed by atoms with Crippen LogP contribution in [0.3, 0.4) is 0 Å². The predicted octanol–water partition coefficient (Wildman–Crippen LogP) is 1.97. The third kappa shape index (κ3) is 4.38. The molecule has 2 rings (SSSR count). The fourth-order valence-corrected chi connectivity index (χ4v) is 2.15. The van der Waals surface area contributed by atoms with E-state index in [-0.39, 0.29) is 11.9 Å². The highest BCUT2D eigenvalue weighted by Gasteiger charge is 2.15. The number of hydrogen-bond donors (Lipinski definition) is 2. The fourth-order valence-electron chi connectivity index (χ4n) is 2.15. The number of amides is 1. The van der Waals surface area contributed by atoms with Crippen molar-refractivity contribution in [3.63, 3.8) is 0 Å². The van der Waals surface area contributed by atoms with Crippen LogP contribution in [-0.4, -0.2) is 31.6 Å². The van der Waals surface area contributed by atoms with E-state index >= 15 is 0 Å². The van der Waals surface area contributed by atoms with Crippen molar-refractivity contribution in [2.24, 2.45) is 0 Å². The molecule has 4 heteroatoms. The van der Waals surface area contributed by atoms with Crippen molar-refractivity contribution >= 4 is 12.0 Å². The lowest BCUT2D eigenvalue weighted by atomic mass is 10.2. The predicted molar refractivity (Wildman–Crippen MR) is 80.7 cm³/mol. The largest absolute Gasteiger partial charge is 0.493 e. The lowest BCUT2D eigenvalue weighted by molar-refractivity contribution is -0.117. The summed E-state index contributed by atoms with van der Waals surface area (Å²) < 4.78 is 5.66. The summed E-state index contributed by atoms with van der Waals surface area (Å²) in [5, 5.41) is 6.21. The zero-order valence-corrected chi connectivity index (χ0v) is 11.9. The van der Waals surface area contributed by atoms with E-state index in [1.165, 1.54) is 0 Å². The topological polar surface area (TPSA) is 50.4 Å². The standard InChI is InChI=1S/C16H22N2O2/c1-2-11-20-15-6-4-3-5-13(15)7-8-16(19)18-14-9-10-17-12-14/h3-8,14,17H,2,9-12H2,1H3,(H,18,19)/b8-7+. The van der Waals surface area contributed by atoms with Crippen LogP contribution in [0.25, 0.3) is 6.08 Å². The average molecular weight is 274 g/mol. The van der Waals surface area contributed by atoms with E-state index in [9.17, 15) is 4.79 Å². The number of ether oxygens (including phenoxy) is 1. The molecule has 1 saturated heterocycles. The van der Waals surface area contributed by atoms with Crippen molar-refractivity contribution in [3.8, 4) is 5.75 Å². The van der Waals surface area contributed by atoms with Crippen molar-refractivity contribution in [2.75, 3.05) is 19.7 Å². The van der Waals surface area contributed by atoms with Gasteiger partial charge in [-0.15, -0.1) is 0 Å². The first-order chi connectivity index (χ1) is 9.79. The number of nitrogens with one attached hydrogen (secondary N) is 2. The van der Waals surface area contributed by atoms with Gasteiger partial charge in [0.25, 0.3) is 0 Å². The molecule has 0 bridgehead atoms. The maximum atomic E-state index is 11.8. The monoisotopic (exact) mass is 274 g/mol. The Morgan fingerprint density at radius 2 is 2.35 bits per heavy atom. The Morgan fingerprint density at radius 1 is 1.50 bits per heavy atom. The second kappa shape index (κ2) is 7.70. The molecule has 1 amide bonds. The second-order valence-electron chi connectivity index (χ2n) is 4.92. The highest BCUT2D eigenvalue weighted by Crippen LogP contribution is 2.19. The summed E-state index contributed by atoms with van der Waals surface area (Å²) in [7, 11) is 0. The molecule has 0 saturated carbocycles. The van der Waals surface area contributed by atoms with Crippen molar-refractivity contribution in [2.45, 2.75) is 25.8 Å². The van der Waals surface area contributed by atoms with Gasteiger partial charge in [0, 0.05) is 24.2 Å². The Kier molecular flexibility index (Phi) is 5.62. The summed E-state index contributed by atoms with van der Waals surface area (Å²) in [5.74, 6) is 0.768. The van der Waals surface area contributed by atoms with Gasteiger partial charge in [0.05, 0.1) is 6.61 Å². The molecule has 2 N–H and O–H groups in total. The molecule has 1 aromatic carbocycles. The fraction of sp³-hybridized carbons (Fsp3) is 0.438. The minimum atomic E-state index is -0.0519. The molecule has 4 nitrogen and oxygen atoms in total. The summed E-state index contributed by atoms with van der Waals surface area (Å²) >= 11 is 0. The maximum absolute atomic E-state index is 11.8. The first-order valence-electron chi connectivity index (χ1n) is 7.20. The van der Waals surface area contributed by atoms with Crippen molar-refractivity contribution in [1.82, 2.24) is 10.6 Å². The minimum Gasteiger partial charge on any atom is -0.493 e. The van der Waals surface area contributed by atoms with Gasteiger partial charge < -0.3 is 15.4 Å². The highest BCUT2D eigenvalue weighted by molar-refractivity contribution is 5.92. The van der Waals surface area contributed by atoms with Crippen molar-refractivity contribution in [3.05, 3.63) is 35.9 Å². The molecule has 1 aromatic rings. The van der Waals surface area contributed by atoms with E-state index < -0.39 is 0 Å². The molecule has 20 heavy (non-hydrogen) atoms. The molecule has 1 unspecified atom stereocenters. The third-order valence-electron chi connectivity index (χ3n) is 3.20. The number of para-hydroxylation sites is 1. The second-order valence-corrected chi connectivity index (χ2v) is 4.92. The lowest BCUT2D eigenvalue weighted by Gasteiger charge is -2.09. The molecule has 0 radical (unpaired) electrons. The number of carbonyl (C=O) groups excluding carboxylic acids is 1. The van der Waals surface area contributed by atoms with E-state index in [4.69, 9.17) is 4.74 Å². The normalized spacial score (nSPS) is 18.4. The zero-order valence-electron chi connectivity index (χ0n) is 11.9. The summed E-state index contributed by atoms with van der Waals surface area (Å²) in [6, 6.07) is 8.00. The average Bonchev–Trinajstić information content (AvgIpc) is 2.96. The van der Waals surface area contributed by atoms with Gasteiger partial charge in [-0.2, -0.15) is 0 Å². The maximum Gasteiger partial charge on any atom is 0.244 e. The molecule has 1 fully saturated rings. The van der Waals surface area contributed by atoms with E-state index in [1.807, 2.05) is 30.3 Å². The molecule has 0 spiro atoms. The van der Waals surface area contributed by atoms with Crippen LogP contribution < -0.4 is 15.4 Å². The number of hydrogen-bond acceptors (Lipinski definition) is 3. The Balaban J connectivity index is 1.93. The molecule has 1 aliphatic heterocycles. The van der Waals surface area contributed by atoms with Crippen LogP contribution in [-0.2, 0) is 4.79 Å². The van der Waals surface area contributed by atoms with Gasteiger partial charge in [0.2, 0.25) is 5.91 Å². The van der Waals surface area contributed by atoms with Crippen LogP contribution in [0.15, 0.2) is 30.3 Å². The van der Waals surface area contributed by atoms with Gasteiger partial charge in [-0.1, -0.05) is 25.1 Å². The van der Waals surface area contributed by atoms with Crippen LogP contribution in [0.2, 0.25) is 0 Å². The molecule has 108 valence electrons. The summed E-state index contributed by atoms with van der Waals surface area (Å²) in [6.45, 7) is 4.59. The molecule has 0 aromatic heterocycles. The van der Waals surface area contributed by atoms with Gasteiger partial charge in [-0.05, 0) is 31.5 Å². The zero-order chi connectivity index (χ0) is 14.2. The molecular weight excluding hydrogens is 252 g/mol. The van der Waals surface area contributed by atoms with Gasteiger partial charge >= 0.3 is 0 Å². The Bertz CT molecular complexity index is 465. The van der Waals surface area contributed by atoms with Gasteiger partial charge in [-0.25, -0.2) is 0 Å².